The summed E-state index contributed by atoms with van der Waals surface area (Å²) in [5.41, 5.74) is 0.394. The molecular formula is C10H13F2N. The monoisotopic (exact) mass is 185 g/mol. The van der Waals surface area contributed by atoms with Crippen LogP contribution in [0.5, 0.6) is 0 Å². The van der Waals surface area contributed by atoms with Gasteiger partial charge in [-0.25, -0.2) is 8.78 Å². The van der Waals surface area contributed by atoms with E-state index in [4.69, 9.17) is 0 Å². The first-order chi connectivity index (χ1) is 6.19. The second kappa shape index (κ2) is 4.33. The SMILES string of the molecule is CCC(NC)c1cc(F)ccc1F. The Bertz CT molecular complexity index is 282. The summed E-state index contributed by atoms with van der Waals surface area (Å²) in [6.45, 7) is 1.92. The maximum absolute atomic E-state index is 13.2. The van der Waals surface area contributed by atoms with E-state index < -0.39 is 5.82 Å². The van der Waals surface area contributed by atoms with E-state index in [1.807, 2.05) is 6.92 Å². The minimum atomic E-state index is -0.398. The van der Waals surface area contributed by atoms with Crippen LogP contribution in [-0.4, -0.2) is 7.05 Å². The molecule has 0 amide bonds. The van der Waals surface area contributed by atoms with Crippen LogP contribution in [0.25, 0.3) is 0 Å². The summed E-state index contributed by atoms with van der Waals surface area (Å²) in [4.78, 5) is 0. The Balaban J connectivity index is 3.03. The molecule has 0 aliphatic carbocycles. The van der Waals surface area contributed by atoms with Crippen LogP contribution in [0.4, 0.5) is 8.78 Å². The quantitative estimate of drug-likeness (QED) is 0.763. The molecule has 0 fully saturated rings. The van der Waals surface area contributed by atoms with E-state index in [9.17, 15) is 8.78 Å². The molecular weight excluding hydrogens is 172 g/mol. The van der Waals surface area contributed by atoms with Crippen LogP contribution in [0.3, 0.4) is 0 Å². The van der Waals surface area contributed by atoms with E-state index >= 15 is 0 Å². The van der Waals surface area contributed by atoms with Crippen LogP contribution < -0.4 is 5.32 Å². The predicted molar refractivity (Wildman–Crippen MR) is 48.4 cm³/mol. The smallest absolute Gasteiger partial charge is 0.128 e. The average molecular weight is 185 g/mol. The largest absolute Gasteiger partial charge is 0.313 e. The zero-order valence-electron chi connectivity index (χ0n) is 7.77. The molecule has 1 unspecified atom stereocenters. The molecule has 0 bridgehead atoms. The Morgan fingerprint density at radius 2 is 2.08 bits per heavy atom. The number of benzene rings is 1. The molecule has 0 aromatic heterocycles. The number of hydrogen-bond acceptors (Lipinski definition) is 1. The first kappa shape index (κ1) is 10.1. The van der Waals surface area contributed by atoms with Crippen molar-refractivity contribution in [2.75, 3.05) is 7.05 Å². The third kappa shape index (κ3) is 2.25. The van der Waals surface area contributed by atoms with Crippen molar-refractivity contribution in [2.45, 2.75) is 19.4 Å². The average Bonchev–Trinajstić information content (AvgIpc) is 2.13. The van der Waals surface area contributed by atoms with Gasteiger partial charge in [-0.05, 0) is 31.7 Å². The van der Waals surface area contributed by atoms with Gasteiger partial charge in [0, 0.05) is 11.6 Å². The lowest BCUT2D eigenvalue weighted by molar-refractivity contribution is 0.515. The number of rotatable bonds is 3. The van der Waals surface area contributed by atoms with Crippen LogP contribution in [0, 0.1) is 11.6 Å². The predicted octanol–water partition coefficient (Wildman–Crippen LogP) is 2.64. The van der Waals surface area contributed by atoms with E-state index in [-0.39, 0.29) is 11.9 Å². The van der Waals surface area contributed by atoms with Gasteiger partial charge in [0.15, 0.2) is 0 Å². The van der Waals surface area contributed by atoms with Crippen molar-refractivity contribution in [3.05, 3.63) is 35.4 Å². The van der Waals surface area contributed by atoms with Crippen LogP contribution in [0.2, 0.25) is 0 Å². The minimum Gasteiger partial charge on any atom is -0.313 e. The first-order valence-corrected chi connectivity index (χ1v) is 4.31. The number of nitrogens with one attached hydrogen (secondary N) is 1. The van der Waals surface area contributed by atoms with Gasteiger partial charge >= 0.3 is 0 Å². The van der Waals surface area contributed by atoms with Gasteiger partial charge in [-0.1, -0.05) is 6.92 Å². The maximum atomic E-state index is 13.2. The zero-order chi connectivity index (χ0) is 9.84. The zero-order valence-corrected chi connectivity index (χ0v) is 7.77. The molecule has 1 aromatic rings. The molecule has 13 heavy (non-hydrogen) atoms. The summed E-state index contributed by atoms with van der Waals surface area (Å²) in [5, 5.41) is 2.93. The summed E-state index contributed by atoms with van der Waals surface area (Å²) in [6.07, 6.45) is 0.733. The second-order valence-electron chi connectivity index (χ2n) is 2.92. The van der Waals surface area contributed by atoms with Crippen LogP contribution in [-0.2, 0) is 0 Å². The lowest BCUT2D eigenvalue weighted by Gasteiger charge is -2.14. The molecule has 0 spiro atoms. The Morgan fingerprint density at radius 3 is 2.62 bits per heavy atom. The van der Waals surface area contributed by atoms with Gasteiger partial charge in [0.05, 0.1) is 0 Å². The van der Waals surface area contributed by atoms with Crippen molar-refractivity contribution < 1.29 is 8.78 Å². The molecule has 0 aliphatic rings. The van der Waals surface area contributed by atoms with Crippen molar-refractivity contribution >= 4 is 0 Å². The van der Waals surface area contributed by atoms with Gasteiger partial charge in [0.1, 0.15) is 11.6 Å². The molecule has 1 aromatic carbocycles. The van der Waals surface area contributed by atoms with Crippen LogP contribution in [0.15, 0.2) is 18.2 Å². The summed E-state index contributed by atoms with van der Waals surface area (Å²) in [6, 6.07) is 3.40. The van der Waals surface area contributed by atoms with Gasteiger partial charge in [0.2, 0.25) is 0 Å². The van der Waals surface area contributed by atoms with Crippen molar-refractivity contribution in [1.82, 2.24) is 5.32 Å². The first-order valence-electron chi connectivity index (χ1n) is 4.31. The molecule has 0 heterocycles. The highest BCUT2D eigenvalue weighted by Gasteiger charge is 2.12. The summed E-state index contributed by atoms with van der Waals surface area (Å²) < 4.78 is 26.0. The molecule has 0 aliphatic heterocycles. The van der Waals surface area contributed by atoms with Gasteiger partial charge in [-0.3, -0.25) is 0 Å². The van der Waals surface area contributed by atoms with Crippen molar-refractivity contribution in [3.63, 3.8) is 0 Å². The molecule has 1 nitrogen and oxygen atoms in total. The van der Waals surface area contributed by atoms with E-state index in [1.165, 1.54) is 6.07 Å². The standard InChI is InChI=1S/C10H13F2N/c1-3-10(13-2)8-6-7(11)4-5-9(8)12/h4-6,10,13H,3H2,1-2H3. The van der Waals surface area contributed by atoms with E-state index in [1.54, 1.807) is 7.05 Å². The highest BCUT2D eigenvalue weighted by Crippen LogP contribution is 2.20. The lowest BCUT2D eigenvalue weighted by atomic mass is 10.0. The van der Waals surface area contributed by atoms with E-state index in [2.05, 4.69) is 5.32 Å². The van der Waals surface area contributed by atoms with Crippen LogP contribution >= 0.6 is 0 Å². The number of hydrogen-bond donors (Lipinski definition) is 1. The van der Waals surface area contributed by atoms with Crippen molar-refractivity contribution in [2.24, 2.45) is 0 Å². The molecule has 1 rings (SSSR count). The minimum absolute atomic E-state index is 0.115. The van der Waals surface area contributed by atoms with Gasteiger partial charge < -0.3 is 5.32 Å². The summed E-state index contributed by atoms with van der Waals surface area (Å²) >= 11 is 0. The molecule has 1 N–H and O–H groups in total. The third-order valence-corrected chi connectivity index (χ3v) is 2.09. The third-order valence-electron chi connectivity index (χ3n) is 2.09. The molecule has 3 heteroatoms. The van der Waals surface area contributed by atoms with Crippen LogP contribution in [0.1, 0.15) is 24.9 Å². The second-order valence-corrected chi connectivity index (χ2v) is 2.92. The van der Waals surface area contributed by atoms with Crippen molar-refractivity contribution in [1.29, 1.82) is 0 Å². The highest BCUT2D eigenvalue weighted by molar-refractivity contribution is 5.22. The van der Waals surface area contributed by atoms with E-state index in [0.29, 0.717) is 5.56 Å². The Kier molecular flexibility index (Phi) is 3.37. The van der Waals surface area contributed by atoms with Gasteiger partial charge in [-0.15, -0.1) is 0 Å². The lowest BCUT2D eigenvalue weighted by Crippen LogP contribution is -2.16. The normalized spacial score (nSPS) is 12.9. The molecule has 0 saturated carbocycles. The maximum Gasteiger partial charge on any atom is 0.128 e. The molecule has 0 saturated heterocycles. The van der Waals surface area contributed by atoms with Gasteiger partial charge in [0.25, 0.3) is 0 Å². The van der Waals surface area contributed by atoms with Gasteiger partial charge in [-0.2, -0.15) is 0 Å². The van der Waals surface area contributed by atoms with Crippen molar-refractivity contribution in [3.8, 4) is 0 Å². The molecule has 1 atom stereocenters. The molecule has 72 valence electrons. The Labute approximate surface area is 76.8 Å². The highest BCUT2D eigenvalue weighted by atomic mass is 19.1. The Hall–Kier alpha value is -0.960. The number of halogens is 2. The fourth-order valence-electron chi connectivity index (χ4n) is 1.36. The fraction of sp³-hybridized carbons (Fsp3) is 0.400. The summed E-state index contributed by atoms with van der Waals surface area (Å²) in [7, 11) is 1.73. The Morgan fingerprint density at radius 1 is 1.38 bits per heavy atom. The summed E-state index contributed by atoms with van der Waals surface area (Å²) in [5.74, 6) is -0.757. The topological polar surface area (TPSA) is 12.0 Å². The molecule has 0 radical (unpaired) electrons. The van der Waals surface area contributed by atoms with E-state index in [0.717, 1.165) is 18.6 Å². The fourth-order valence-corrected chi connectivity index (χ4v) is 1.36.